The van der Waals surface area contributed by atoms with Crippen LogP contribution in [-0.2, 0) is 19.6 Å². The van der Waals surface area contributed by atoms with Crippen molar-refractivity contribution in [2.45, 2.75) is 32.6 Å². The second-order valence-electron chi connectivity index (χ2n) is 6.82. The molecule has 0 saturated carbocycles. The SMILES string of the molecule is CC1Cn2ncc(-c3ccc(F)cc3)c2CN1C(=O)NCc1ccccc1. The van der Waals surface area contributed by atoms with Crippen LogP contribution < -0.4 is 5.32 Å². The zero-order valence-corrected chi connectivity index (χ0v) is 15.1. The van der Waals surface area contributed by atoms with Crippen molar-refractivity contribution < 1.29 is 9.18 Å². The highest BCUT2D eigenvalue weighted by Crippen LogP contribution is 2.28. The van der Waals surface area contributed by atoms with E-state index in [9.17, 15) is 9.18 Å². The molecule has 0 spiro atoms. The Morgan fingerprint density at radius 2 is 1.93 bits per heavy atom. The normalized spacial score (nSPS) is 16.1. The van der Waals surface area contributed by atoms with Crippen LogP contribution >= 0.6 is 0 Å². The summed E-state index contributed by atoms with van der Waals surface area (Å²) in [4.78, 5) is 14.6. The molecule has 2 amide bonds. The number of urea groups is 1. The van der Waals surface area contributed by atoms with Crippen molar-refractivity contribution in [1.29, 1.82) is 0 Å². The van der Waals surface area contributed by atoms with E-state index >= 15 is 0 Å². The topological polar surface area (TPSA) is 50.2 Å². The third-order valence-corrected chi connectivity index (χ3v) is 4.94. The van der Waals surface area contributed by atoms with E-state index < -0.39 is 0 Å². The van der Waals surface area contributed by atoms with Crippen LogP contribution in [0.1, 0.15) is 18.2 Å². The van der Waals surface area contributed by atoms with Gasteiger partial charge in [0.2, 0.25) is 0 Å². The quantitative estimate of drug-likeness (QED) is 0.768. The van der Waals surface area contributed by atoms with Gasteiger partial charge in [-0.3, -0.25) is 4.68 Å². The van der Waals surface area contributed by atoms with Crippen LogP contribution in [0.5, 0.6) is 0 Å². The third kappa shape index (κ3) is 3.56. The molecule has 0 bridgehead atoms. The van der Waals surface area contributed by atoms with E-state index in [1.165, 1.54) is 12.1 Å². The van der Waals surface area contributed by atoms with Crippen molar-refractivity contribution in [3.63, 3.8) is 0 Å². The molecule has 5 nitrogen and oxygen atoms in total. The molecule has 1 atom stereocenters. The van der Waals surface area contributed by atoms with Crippen LogP contribution in [0.15, 0.2) is 60.8 Å². The molecule has 6 heteroatoms. The molecule has 2 aromatic carbocycles. The largest absolute Gasteiger partial charge is 0.334 e. The summed E-state index contributed by atoms with van der Waals surface area (Å²) in [6, 6.07) is 16.1. The highest BCUT2D eigenvalue weighted by atomic mass is 19.1. The first kappa shape index (κ1) is 17.3. The number of hydrogen-bond donors (Lipinski definition) is 1. The number of amides is 2. The van der Waals surface area contributed by atoms with Gasteiger partial charge in [-0.25, -0.2) is 9.18 Å². The number of benzene rings is 2. The highest BCUT2D eigenvalue weighted by Gasteiger charge is 2.29. The minimum Gasteiger partial charge on any atom is -0.334 e. The van der Waals surface area contributed by atoms with Gasteiger partial charge in [-0.05, 0) is 30.2 Å². The van der Waals surface area contributed by atoms with Crippen LogP contribution in [-0.4, -0.2) is 26.8 Å². The molecule has 1 N–H and O–H groups in total. The Labute approximate surface area is 157 Å². The number of halogens is 1. The summed E-state index contributed by atoms with van der Waals surface area (Å²) in [5.74, 6) is -0.268. The van der Waals surface area contributed by atoms with E-state index in [-0.39, 0.29) is 17.9 Å². The van der Waals surface area contributed by atoms with Gasteiger partial charge < -0.3 is 10.2 Å². The van der Waals surface area contributed by atoms with Crippen molar-refractivity contribution in [1.82, 2.24) is 20.0 Å². The molecule has 0 fully saturated rings. The molecule has 1 unspecified atom stereocenters. The second-order valence-corrected chi connectivity index (χ2v) is 6.82. The van der Waals surface area contributed by atoms with Crippen LogP contribution in [0.25, 0.3) is 11.1 Å². The first-order valence-electron chi connectivity index (χ1n) is 9.01. The number of aromatic nitrogens is 2. The molecule has 2 heterocycles. The minimum atomic E-state index is -0.268. The smallest absolute Gasteiger partial charge is 0.318 e. The monoisotopic (exact) mass is 364 g/mol. The van der Waals surface area contributed by atoms with Gasteiger partial charge in [-0.15, -0.1) is 0 Å². The zero-order chi connectivity index (χ0) is 18.8. The number of hydrogen-bond acceptors (Lipinski definition) is 2. The molecule has 1 aliphatic rings. The Morgan fingerprint density at radius 1 is 1.19 bits per heavy atom. The standard InChI is InChI=1S/C21H21FN4O/c1-15-13-26-20(19(12-24-26)17-7-9-18(22)10-8-17)14-25(15)21(27)23-11-16-5-3-2-4-6-16/h2-10,12,15H,11,13-14H2,1H3,(H,23,27). The van der Waals surface area contributed by atoms with Gasteiger partial charge in [-0.1, -0.05) is 42.5 Å². The molecule has 138 valence electrons. The first-order valence-corrected chi connectivity index (χ1v) is 9.01. The van der Waals surface area contributed by atoms with Gasteiger partial charge in [0.25, 0.3) is 0 Å². The summed E-state index contributed by atoms with van der Waals surface area (Å²) in [6.07, 6.45) is 1.79. The van der Waals surface area contributed by atoms with Gasteiger partial charge in [0.15, 0.2) is 0 Å². The summed E-state index contributed by atoms with van der Waals surface area (Å²) in [6.45, 7) is 3.61. The Morgan fingerprint density at radius 3 is 2.67 bits per heavy atom. The van der Waals surface area contributed by atoms with Crippen molar-refractivity contribution in [2.75, 3.05) is 0 Å². The molecule has 1 aromatic heterocycles. The lowest BCUT2D eigenvalue weighted by Crippen LogP contribution is -2.49. The number of rotatable bonds is 3. The number of nitrogens with one attached hydrogen (secondary N) is 1. The van der Waals surface area contributed by atoms with E-state index in [1.54, 1.807) is 18.3 Å². The lowest BCUT2D eigenvalue weighted by molar-refractivity contribution is 0.149. The maximum absolute atomic E-state index is 13.2. The second kappa shape index (κ2) is 7.23. The lowest BCUT2D eigenvalue weighted by Gasteiger charge is -2.34. The van der Waals surface area contributed by atoms with Crippen LogP contribution in [0.3, 0.4) is 0 Å². The average Bonchev–Trinajstić information content (AvgIpc) is 3.09. The summed E-state index contributed by atoms with van der Waals surface area (Å²) < 4.78 is 15.2. The summed E-state index contributed by atoms with van der Waals surface area (Å²) in [5.41, 5.74) is 3.86. The predicted molar refractivity (Wildman–Crippen MR) is 101 cm³/mol. The van der Waals surface area contributed by atoms with Gasteiger partial charge in [0, 0.05) is 12.1 Å². The first-order chi connectivity index (χ1) is 13.1. The molecule has 27 heavy (non-hydrogen) atoms. The Hall–Kier alpha value is -3.15. The minimum absolute atomic E-state index is 0.0363. The van der Waals surface area contributed by atoms with E-state index in [0.29, 0.717) is 19.6 Å². The summed E-state index contributed by atoms with van der Waals surface area (Å²) in [5, 5.41) is 7.45. The van der Waals surface area contributed by atoms with Crippen LogP contribution in [0.2, 0.25) is 0 Å². The molecule has 0 aliphatic carbocycles. The lowest BCUT2D eigenvalue weighted by atomic mass is 10.0. The Bertz CT molecular complexity index is 937. The van der Waals surface area contributed by atoms with Crippen LogP contribution in [0.4, 0.5) is 9.18 Å². The van der Waals surface area contributed by atoms with Gasteiger partial charge in [0.1, 0.15) is 5.82 Å². The van der Waals surface area contributed by atoms with E-state index in [2.05, 4.69) is 10.4 Å². The predicted octanol–water partition coefficient (Wildman–Crippen LogP) is 3.80. The van der Waals surface area contributed by atoms with Crippen molar-refractivity contribution >= 4 is 6.03 Å². The zero-order valence-electron chi connectivity index (χ0n) is 15.1. The fourth-order valence-electron chi connectivity index (χ4n) is 3.42. The molecule has 4 rings (SSSR count). The number of carbonyl (C=O) groups excluding carboxylic acids is 1. The van der Waals surface area contributed by atoms with E-state index in [1.807, 2.05) is 46.8 Å². The van der Waals surface area contributed by atoms with Gasteiger partial charge >= 0.3 is 6.03 Å². The molecular weight excluding hydrogens is 343 g/mol. The molecule has 1 aliphatic heterocycles. The Balaban J connectivity index is 1.52. The summed E-state index contributed by atoms with van der Waals surface area (Å²) >= 11 is 0. The molecule has 0 saturated heterocycles. The average molecular weight is 364 g/mol. The molecule has 3 aromatic rings. The van der Waals surface area contributed by atoms with Gasteiger partial charge in [0.05, 0.1) is 31.0 Å². The van der Waals surface area contributed by atoms with Crippen molar-refractivity contribution in [3.8, 4) is 11.1 Å². The highest BCUT2D eigenvalue weighted by molar-refractivity contribution is 5.75. The van der Waals surface area contributed by atoms with E-state index in [4.69, 9.17) is 0 Å². The number of fused-ring (bicyclic) bond motifs is 1. The number of nitrogens with zero attached hydrogens (tertiary/aromatic N) is 3. The van der Waals surface area contributed by atoms with Gasteiger partial charge in [-0.2, -0.15) is 5.10 Å². The van der Waals surface area contributed by atoms with Crippen molar-refractivity contribution in [3.05, 3.63) is 77.9 Å². The Kier molecular flexibility index (Phi) is 4.62. The fourth-order valence-corrected chi connectivity index (χ4v) is 3.42. The fraction of sp³-hybridized carbons (Fsp3) is 0.238. The molecular formula is C21H21FN4O. The van der Waals surface area contributed by atoms with Crippen molar-refractivity contribution in [2.24, 2.45) is 0 Å². The van der Waals surface area contributed by atoms with Crippen LogP contribution in [0, 0.1) is 5.82 Å². The van der Waals surface area contributed by atoms with E-state index in [0.717, 1.165) is 22.4 Å². The summed E-state index contributed by atoms with van der Waals surface area (Å²) in [7, 11) is 0. The maximum Gasteiger partial charge on any atom is 0.318 e. The number of carbonyl (C=O) groups is 1. The molecule has 0 radical (unpaired) electrons. The third-order valence-electron chi connectivity index (χ3n) is 4.94. The maximum atomic E-state index is 13.2.